The van der Waals surface area contributed by atoms with Gasteiger partial charge in [0.05, 0.1) is 12.2 Å². The van der Waals surface area contributed by atoms with Gasteiger partial charge in [-0.05, 0) is 56.2 Å². The van der Waals surface area contributed by atoms with Crippen molar-refractivity contribution in [1.82, 2.24) is 10.3 Å². The zero-order chi connectivity index (χ0) is 15.2. The maximum Gasteiger partial charge on any atom is 0.261 e. The van der Waals surface area contributed by atoms with Crippen molar-refractivity contribution < 1.29 is 9.53 Å². The van der Waals surface area contributed by atoms with Gasteiger partial charge in [0.1, 0.15) is 5.75 Å². The Balaban J connectivity index is 1.90. The van der Waals surface area contributed by atoms with Crippen molar-refractivity contribution in [3.05, 3.63) is 59.4 Å². The lowest BCUT2D eigenvalue weighted by Gasteiger charge is -2.15. The molecule has 21 heavy (non-hydrogen) atoms. The van der Waals surface area contributed by atoms with Gasteiger partial charge in [-0.25, -0.2) is 0 Å². The highest BCUT2D eigenvalue weighted by atomic mass is 16.5. The molecule has 0 fully saturated rings. The number of amides is 1. The number of ether oxygens (including phenoxy) is 1. The van der Waals surface area contributed by atoms with Crippen LogP contribution < -0.4 is 10.1 Å². The Labute approximate surface area is 125 Å². The molecule has 110 valence electrons. The summed E-state index contributed by atoms with van der Waals surface area (Å²) in [5, 5.41) is 2.82. The Morgan fingerprint density at radius 1 is 1.24 bits per heavy atom. The quantitative estimate of drug-likeness (QED) is 0.918. The maximum atomic E-state index is 12.0. The minimum Gasteiger partial charge on any atom is -0.481 e. The Morgan fingerprint density at radius 2 is 1.95 bits per heavy atom. The van der Waals surface area contributed by atoms with Gasteiger partial charge in [0.2, 0.25) is 0 Å². The van der Waals surface area contributed by atoms with Crippen molar-refractivity contribution in [2.75, 3.05) is 0 Å². The molecular formula is C17H20N2O2. The largest absolute Gasteiger partial charge is 0.481 e. The number of benzene rings is 1. The molecule has 0 aliphatic heterocycles. The van der Waals surface area contributed by atoms with Crippen LogP contribution in [0, 0.1) is 13.8 Å². The third-order valence-corrected chi connectivity index (χ3v) is 3.05. The van der Waals surface area contributed by atoms with Gasteiger partial charge >= 0.3 is 0 Å². The number of aromatic nitrogens is 1. The molecular weight excluding hydrogens is 264 g/mol. The van der Waals surface area contributed by atoms with Crippen LogP contribution in [0.3, 0.4) is 0 Å². The van der Waals surface area contributed by atoms with Crippen LogP contribution in [0.15, 0.2) is 42.6 Å². The standard InChI is InChI=1S/C17H20N2O2/c1-12-8-13(2)10-16(9-12)21-14(3)17(20)19-11-15-6-4-5-7-18-15/h4-10,14H,11H2,1-3H3,(H,19,20)/t14-/m1/s1. The number of carbonyl (C=O) groups excluding carboxylic acids is 1. The first kappa shape index (κ1) is 15.0. The first-order chi connectivity index (χ1) is 10.0. The second-order valence-electron chi connectivity index (χ2n) is 5.12. The summed E-state index contributed by atoms with van der Waals surface area (Å²) in [6.45, 7) is 6.16. The Morgan fingerprint density at radius 3 is 2.57 bits per heavy atom. The number of hydrogen-bond acceptors (Lipinski definition) is 3. The SMILES string of the molecule is Cc1cc(C)cc(O[C@H](C)C(=O)NCc2ccccn2)c1. The lowest BCUT2D eigenvalue weighted by atomic mass is 10.1. The van der Waals surface area contributed by atoms with E-state index in [2.05, 4.69) is 16.4 Å². The van der Waals surface area contributed by atoms with Crippen LogP contribution in [-0.2, 0) is 11.3 Å². The summed E-state index contributed by atoms with van der Waals surface area (Å²) in [5.41, 5.74) is 3.06. The molecule has 0 unspecified atom stereocenters. The minimum absolute atomic E-state index is 0.153. The molecule has 1 heterocycles. The Hall–Kier alpha value is -2.36. The summed E-state index contributed by atoms with van der Waals surface area (Å²) in [6.07, 6.45) is 1.16. The van der Waals surface area contributed by atoms with E-state index in [0.29, 0.717) is 12.3 Å². The van der Waals surface area contributed by atoms with Gasteiger partial charge in [0, 0.05) is 6.20 Å². The first-order valence-corrected chi connectivity index (χ1v) is 6.97. The van der Waals surface area contributed by atoms with Crippen LogP contribution in [-0.4, -0.2) is 17.0 Å². The Kier molecular flexibility index (Phi) is 4.93. The first-order valence-electron chi connectivity index (χ1n) is 6.97. The van der Waals surface area contributed by atoms with Gasteiger partial charge in [0.25, 0.3) is 5.91 Å². The number of nitrogens with zero attached hydrogens (tertiary/aromatic N) is 1. The van der Waals surface area contributed by atoms with Crippen molar-refractivity contribution in [3.8, 4) is 5.75 Å². The molecule has 0 aliphatic carbocycles. The predicted molar refractivity (Wildman–Crippen MR) is 82.1 cm³/mol. The molecule has 0 bridgehead atoms. The van der Waals surface area contributed by atoms with E-state index in [1.54, 1.807) is 13.1 Å². The second kappa shape index (κ2) is 6.88. The van der Waals surface area contributed by atoms with Crippen LogP contribution in [0.4, 0.5) is 0 Å². The van der Waals surface area contributed by atoms with E-state index < -0.39 is 6.10 Å². The van der Waals surface area contributed by atoms with Gasteiger partial charge in [-0.15, -0.1) is 0 Å². The minimum atomic E-state index is -0.546. The summed E-state index contributed by atoms with van der Waals surface area (Å²) in [5.74, 6) is 0.563. The van der Waals surface area contributed by atoms with E-state index in [1.165, 1.54) is 0 Å². The van der Waals surface area contributed by atoms with Crippen LogP contribution in [0.1, 0.15) is 23.7 Å². The summed E-state index contributed by atoms with van der Waals surface area (Å²) in [6, 6.07) is 11.5. The average Bonchev–Trinajstić information content (AvgIpc) is 2.44. The third kappa shape index (κ3) is 4.60. The lowest BCUT2D eigenvalue weighted by molar-refractivity contribution is -0.127. The fraction of sp³-hybridized carbons (Fsp3) is 0.294. The summed E-state index contributed by atoms with van der Waals surface area (Å²) in [7, 11) is 0. The molecule has 0 saturated heterocycles. The normalized spacial score (nSPS) is 11.8. The number of hydrogen-bond donors (Lipinski definition) is 1. The topological polar surface area (TPSA) is 51.2 Å². The van der Waals surface area contributed by atoms with Crippen molar-refractivity contribution in [1.29, 1.82) is 0 Å². The predicted octanol–water partition coefficient (Wildman–Crippen LogP) is 2.78. The molecule has 0 saturated carbocycles. The van der Waals surface area contributed by atoms with Gasteiger partial charge in [-0.2, -0.15) is 0 Å². The zero-order valence-corrected chi connectivity index (χ0v) is 12.6. The molecule has 1 N–H and O–H groups in total. The molecule has 2 rings (SSSR count). The smallest absolute Gasteiger partial charge is 0.261 e. The molecule has 1 aromatic heterocycles. The summed E-state index contributed by atoms with van der Waals surface area (Å²) >= 11 is 0. The number of rotatable bonds is 5. The highest BCUT2D eigenvalue weighted by Gasteiger charge is 2.14. The summed E-state index contributed by atoms with van der Waals surface area (Å²) < 4.78 is 5.69. The summed E-state index contributed by atoms with van der Waals surface area (Å²) in [4.78, 5) is 16.2. The fourth-order valence-corrected chi connectivity index (χ4v) is 2.08. The molecule has 4 nitrogen and oxygen atoms in total. The van der Waals surface area contributed by atoms with Gasteiger partial charge in [0.15, 0.2) is 6.10 Å². The molecule has 4 heteroatoms. The van der Waals surface area contributed by atoms with Crippen molar-refractivity contribution in [2.45, 2.75) is 33.4 Å². The van der Waals surface area contributed by atoms with E-state index >= 15 is 0 Å². The van der Waals surface area contributed by atoms with Crippen molar-refractivity contribution in [2.24, 2.45) is 0 Å². The van der Waals surface area contributed by atoms with Crippen LogP contribution in [0.25, 0.3) is 0 Å². The van der Waals surface area contributed by atoms with E-state index in [4.69, 9.17) is 4.74 Å². The van der Waals surface area contributed by atoms with Crippen molar-refractivity contribution in [3.63, 3.8) is 0 Å². The number of carbonyl (C=O) groups is 1. The maximum absolute atomic E-state index is 12.0. The monoisotopic (exact) mass is 284 g/mol. The van der Waals surface area contributed by atoms with Crippen LogP contribution in [0.5, 0.6) is 5.75 Å². The van der Waals surface area contributed by atoms with Gasteiger partial charge in [-0.3, -0.25) is 9.78 Å². The lowest BCUT2D eigenvalue weighted by Crippen LogP contribution is -2.36. The zero-order valence-electron chi connectivity index (χ0n) is 12.6. The highest BCUT2D eigenvalue weighted by molar-refractivity contribution is 5.80. The Bertz CT molecular complexity index is 591. The molecule has 2 aromatic rings. The van der Waals surface area contributed by atoms with Gasteiger partial charge in [-0.1, -0.05) is 12.1 Å². The molecule has 0 radical (unpaired) electrons. The highest BCUT2D eigenvalue weighted by Crippen LogP contribution is 2.17. The van der Waals surface area contributed by atoms with Gasteiger partial charge < -0.3 is 10.1 Å². The molecule has 1 aromatic carbocycles. The van der Waals surface area contributed by atoms with E-state index in [1.807, 2.05) is 44.2 Å². The third-order valence-electron chi connectivity index (χ3n) is 3.05. The van der Waals surface area contributed by atoms with Crippen LogP contribution >= 0.6 is 0 Å². The molecule has 0 spiro atoms. The molecule has 0 aliphatic rings. The molecule has 1 amide bonds. The molecule has 1 atom stereocenters. The van der Waals surface area contributed by atoms with Crippen LogP contribution in [0.2, 0.25) is 0 Å². The number of aryl methyl sites for hydroxylation is 2. The van der Waals surface area contributed by atoms with Crippen molar-refractivity contribution >= 4 is 5.91 Å². The van der Waals surface area contributed by atoms with E-state index in [9.17, 15) is 4.79 Å². The number of pyridine rings is 1. The fourth-order valence-electron chi connectivity index (χ4n) is 2.08. The average molecular weight is 284 g/mol. The van der Waals surface area contributed by atoms with E-state index in [0.717, 1.165) is 16.8 Å². The van der Waals surface area contributed by atoms with E-state index in [-0.39, 0.29) is 5.91 Å². The second-order valence-corrected chi connectivity index (χ2v) is 5.12. The number of nitrogens with one attached hydrogen (secondary N) is 1.